The number of esters is 2. The Morgan fingerprint density at radius 2 is 0.939 bits per heavy atom. The van der Waals surface area contributed by atoms with Crippen LogP contribution in [-0.4, -0.2) is 37.9 Å². The number of carbonyl (C=O) groups excluding carboxylic acids is 2. The van der Waals surface area contributed by atoms with Crippen LogP contribution in [0, 0.1) is 0 Å². The summed E-state index contributed by atoms with van der Waals surface area (Å²) < 4.78 is 32.6. The fraction of sp³-hybridized carbons (Fsp3) is 0.900. The van der Waals surface area contributed by atoms with Gasteiger partial charge in [-0.2, -0.15) is 0 Å². The van der Waals surface area contributed by atoms with Crippen LogP contribution in [0.2, 0.25) is 0 Å². The summed E-state index contributed by atoms with van der Waals surface area (Å²) in [6.07, 6.45) is 35.8. The molecule has 0 radical (unpaired) electrons. The van der Waals surface area contributed by atoms with Crippen molar-refractivity contribution >= 4 is 19.8 Å². The Morgan fingerprint density at radius 3 is 1.39 bits per heavy atom. The molecule has 0 rings (SSSR count). The zero-order valence-corrected chi connectivity index (χ0v) is 33.0. The molecule has 290 valence electrons. The third kappa shape index (κ3) is 36.4. The topological polar surface area (TPSA) is 111 Å². The number of hydrogen-bond acceptors (Lipinski definition) is 8. The lowest BCUT2D eigenvalue weighted by atomic mass is 10.0. The summed E-state index contributed by atoms with van der Waals surface area (Å²) >= 11 is 0. The van der Waals surface area contributed by atoms with Gasteiger partial charge in [-0.1, -0.05) is 161 Å². The van der Waals surface area contributed by atoms with Crippen LogP contribution < -0.4 is 4.89 Å². The van der Waals surface area contributed by atoms with Gasteiger partial charge < -0.3 is 23.4 Å². The van der Waals surface area contributed by atoms with E-state index in [0.717, 1.165) is 51.4 Å². The summed E-state index contributed by atoms with van der Waals surface area (Å²) in [5.41, 5.74) is 0. The summed E-state index contributed by atoms with van der Waals surface area (Å²) in [5, 5.41) is 0. The van der Waals surface area contributed by atoms with Gasteiger partial charge in [0.1, 0.15) is 6.61 Å². The summed E-state index contributed by atoms with van der Waals surface area (Å²) in [6.45, 7) is 5.60. The molecule has 0 aromatic heterocycles. The van der Waals surface area contributed by atoms with Gasteiger partial charge in [0.05, 0.1) is 13.2 Å². The molecule has 0 fully saturated rings. The van der Waals surface area contributed by atoms with Crippen molar-refractivity contribution in [1.29, 1.82) is 0 Å². The van der Waals surface area contributed by atoms with Crippen LogP contribution >= 0.6 is 7.82 Å². The first-order valence-corrected chi connectivity index (χ1v) is 21.9. The van der Waals surface area contributed by atoms with E-state index in [2.05, 4.69) is 26.0 Å². The van der Waals surface area contributed by atoms with Crippen LogP contribution in [0.25, 0.3) is 0 Å². The molecule has 2 unspecified atom stereocenters. The van der Waals surface area contributed by atoms with E-state index in [9.17, 15) is 19.0 Å². The molecule has 0 spiro atoms. The lowest BCUT2D eigenvalue weighted by Gasteiger charge is -2.25. The molecular weight excluding hydrogens is 639 g/mol. The van der Waals surface area contributed by atoms with Crippen molar-refractivity contribution in [2.75, 3.05) is 19.8 Å². The Hall–Kier alpha value is -1.21. The average Bonchev–Trinajstić information content (AvgIpc) is 3.08. The predicted octanol–water partition coefficient (Wildman–Crippen LogP) is 11.9. The highest BCUT2D eigenvalue weighted by Crippen LogP contribution is 2.38. The summed E-state index contributed by atoms with van der Waals surface area (Å²) in [7, 11) is -4.54. The normalized spacial score (nSPS) is 13.5. The number of rotatable bonds is 38. The number of hydrogen-bond donors (Lipinski definition) is 0. The van der Waals surface area contributed by atoms with Crippen LogP contribution in [-0.2, 0) is 32.7 Å². The molecule has 0 amide bonds. The maximum absolute atomic E-state index is 12.5. The van der Waals surface area contributed by atoms with Gasteiger partial charge in [0.15, 0.2) is 6.10 Å². The van der Waals surface area contributed by atoms with Gasteiger partial charge in [-0.3, -0.25) is 14.2 Å². The number of allylic oxidation sites excluding steroid dienone is 2. The molecule has 8 nitrogen and oxygen atoms in total. The molecule has 2 atom stereocenters. The van der Waals surface area contributed by atoms with Gasteiger partial charge in [0.25, 0.3) is 7.82 Å². The molecule has 0 saturated carbocycles. The van der Waals surface area contributed by atoms with Gasteiger partial charge in [-0.15, -0.1) is 0 Å². The Kier molecular flexibility index (Phi) is 35.7. The minimum absolute atomic E-state index is 0.00875. The first-order valence-electron chi connectivity index (χ1n) is 20.4. The second-order valence-electron chi connectivity index (χ2n) is 13.7. The fourth-order valence-electron chi connectivity index (χ4n) is 5.66. The van der Waals surface area contributed by atoms with Gasteiger partial charge in [-0.05, 0) is 44.9 Å². The van der Waals surface area contributed by atoms with Crippen molar-refractivity contribution < 1.29 is 37.6 Å². The predicted molar refractivity (Wildman–Crippen MR) is 200 cm³/mol. The van der Waals surface area contributed by atoms with Crippen LogP contribution in [0.1, 0.15) is 207 Å². The quantitative estimate of drug-likeness (QED) is 0.0269. The summed E-state index contributed by atoms with van der Waals surface area (Å²) in [5.74, 6) is -0.831. The molecule has 0 bridgehead atoms. The van der Waals surface area contributed by atoms with E-state index in [-0.39, 0.29) is 32.0 Å². The molecular formula is C40H76O8P-. The lowest BCUT2D eigenvalue weighted by Crippen LogP contribution is -2.30. The van der Waals surface area contributed by atoms with Gasteiger partial charge in [0, 0.05) is 12.8 Å². The molecule has 0 aromatic carbocycles. The van der Waals surface area contributed by atoms with Gasteiger partial charge >= 0.3 is 11.9 Å². The number of ether oxygens (including phenoxy) is 2. The fourth-order valence-corrected chi connectivity index (χ4v) is 6.49. The molecule has 0 aliphatic carbocycles. The maximum Gasteiger partial charge on any atom is 0.306 e. The maximum atomic E-state index is 12.5. The van der Waals surface area contributed by atoms with Crippen LogP contribution in [0.5, 0.6) is 0 Å². The zero-order chi connectivity index (χ0) is 36.1. The third-order valence-electron chi connectivity index (χ3n) is 8.73. The smallest absolute Gasteiger partial charge is 0.306 e. The van der Waals surface area contributed by atoms with Crippen molar-refractivity contribution in [1.82, 2.24) is 0 Å². The first-order chi connectivity index (χ1) is 23.8. The molecule has 0 aliphatic rings. The van der Waals surface area contributed by atoms with E-state index in [4.69, 9.17) is 18.5 Å². The van der Waals surface area contributed by atoms with Crippen molar-refractivity contribution in [2.24, 2.45) is 0 Å². The summed E-state index contributed by atoms with van der Waals surface area (Å²) in [4.78, 5) is 36.9. The highest BCUT2D eigenvalue weighted by atomic mass is 31.2. The van der Waals surface area contributed by atoms with Crippen molar-refractivity contribution in [3.63, 3.8) is 0 Å². The minimum atomic E-state index is -4.54. The molecule has 0 N–H and O–H groups in total. The number of phosphoric acid groups is 1. The van der Waals surface area contributed by atoms with Gasteiger partial charge in [0.2, 0.25) is 0 Å². The highest BCUT2D eigenvalue weighted by Gasteiger charge is 2.21. The van der Waals surface area contributed by atoms with Crippen molar-refractivity contribution in [3.05, 3.63) is 12.2 Å². The monoisotopic (exact) mass is 716 g/mol. The highest BCUT2D eigenvalue weighted by molar-refractivity contribution is 7.45. The minimum Gasteiger partial charge on any atom is -0.756 e. The zero-order valence-electron chi connectivity index (χ0n) is 32.1. The Bertz CT molecular complexity index is 818. The molecule has 0 heterocycles. The van der Waals surface area contributed by atoms with Crippen molar-refractivity contribution in [2.45, 2.75) is 213 Å². The van der Waals surface area contributed by atoms with E-state index in [1.807, 2.05) is 0 Å². The number of unbranched alkanes of at least 4 members (excludes halogenated alkanes) is 23. The van der Waals surface area contributed by atoms with E-state index in [0.29, 0.717) is 12.8 Å². The Labute approximate surface area is 301 Å². The molecule has 0 saturated heterocycles. The number of carbonyl (C=O) groups is 2. The van der Waals surface area contributed by atoms with E-state index < -0.39 is 26.5 Å². The SMILES string of the molecule is CCCCCCCC/C=C\CCCCCCCC(=O)OC(COC(=O)CCCCCCCCCCCCCCC)COP(=O)([O-])OCCC. The lowest BCUT2D eigenvalue weighted by molar-refractivity contribution is -0.228. The first kappa shape index (κ1) is 47.8. The molecule has 0 aliphatic heterocycles. The van der Waals surface area contributed by atoms with E-state index >= 15 is 0 Å². The Morgan fingerprint density at radius 1 is 0.531 bits per heavy atom. The van der Waals surface area contributed by atoms with E-state index in [1.165, 1.54) is 109 Å². The van der Waals surface area contributed by atoms with Gasteiger partial charge in [-0.25, -0.2) is 0 Å². The largest absolute Gasteiger partial charge is 0.756 e. The van der Waals surface area contributed by atoms with Crippen LogP contribution in [0.15, 0.2) is 12.2 Å². The van der Waals surface area contributed by atoms with Crippen LogP contribution in [0.3, 0.4) is 0 Å². The average molecular weight is 716 g/mol. The molecule has 9 heteroatoms. The number of phosphoric ester groups is 1. The third-order valence-corrected chi connectivity index (χ3v) is 9.69. The van der Waals surface area contributed by atoms with E-state index in [1.54, 1.807) is 6.92 Å². The molecule has 49 heavy (non-hydrogen) atoms. The second kappa shape index (κ2) is 36.6. The summed E-state index contributed by atoms with van der Waals surface area (Å²) in [6, 6.07) is 0. The van der Waals surface area contributed by atoms with Crippen LogP contribution in [0.4, 0.5) is 0 Å². The second-order valence-corrected chi connectivity index (χ2v) is 15.1. The van der Waals surface area contributed by atoms with Crippen molar-refractivity contribution in [3.8, 4) is 0 Å². The standard InChI is InChI=1S/C40H77O8P/c1-4-7-9-11-13-15-17-19-20-22-24-26-28-30-32-34-40(42)48-38(37-47-49(43,44)46-35-6-3)36-45-39(41)33-31-29-27-25-23-21-18-16-14-12-10-8-5-2/h19-20,38H,4-18,21-37H2,1-3H3,(H,43,44)/p-1/b20-19-. The molecule has 0 aromatic rings. The Balaban J connectivity index is 4.19.